The Morgan fingerprint density at radius 3 is 2.89 bits per heavy atom. The number of sulfonamides is 1. The van der Waals surface area contributed by atoms with Crippen LogP contribution in [0.4, 0.5) is 5.13 Å². The molecule has 1 aliphatic rings. The highest BCUT2D eigenvalue weighted by atomic mass is 32.2. The number of nitrogens with zero attached hydrogens (tertiary/aromatic N) is 2. The van der Waals surface area contributed by atoms with Gasteiger partial charge in [0, 0.05) is 13.1 Å². The van der Waals surface area contributed by atoms with Crippen LogP contribution in [-0.4, -0.2) is 36.7 Å². The van der Waals surface area contributed by atoms with Gasteiger partial charge in [-0.3, -0.25) is 4.79 Å². The largest absolute Gasteiger partial charge is 0.302 e. The molecule has 1 unspecified atom stereocenters. The van der Waals surface area contributed by atoms with E-state index >= 15 is 0 Å². The van der Waals surface area contributed by atoms with Gasteiger partial charge in [0.05, 0.1) is 16.1 Å². The van der Waals surface area contributed by atoms with Gasteiger partial charge < -0.3 is 5.32 Å². The van der Waals surface area contributed by atoms with Crippen LogP contribution in [0.15, 0.2) is 33.9 Å². The number of anilines is 1. The third-order valence-corrected chi connectivity index (χ3v) is 9.06. The van der Waals surface area contributed by atoms with Crippen LogP contribution in [0.5, 0.6) is 0 Å². The maximum atomic E-state index is 12.8. The fraction of sp³-hybridized carbons (Fsp3) is 0.368. The van der Waals surface area contributed by atoms with E-state index in [1.54, 1.807) is 17.5 Å². The molecular weight excluding hydrogens is 414 g/mol. The van der Waals surface area contributed by atoms with Crippen LogP contribution in [0, 0.1) is 19.8 Å². The average Bonchev–Trinajstić information content (AvgIpc) is 3.32. The highest BCUT2D eigenvalue weighted by Gasteiger charge is 2.34. The third-order valence-electron chi connectivity index (χ3n) is 4.90. The summed E-state index contributed by atoms with van der Waals surface area (Å²) in [5, 5.41) is 5.21. The Morgan fingerprint density at radius 1 is 1.32 bits per heavy atom. The number of hydrogen-bond acceptors (Lipinski definition) is 6. The van der Waals surface area contributed by atoms with E-state index in [0.717, 1.165) is 21.3 Å². The second kappa shape index (κ2) is 7.55. The van der Waals surface area contributed by atoms with Crippen LogP contribution in [0.1, 0.15) is 24.0 Å². The predicted octanol–water partition coefficient (Wildman–Crippen LogP) is 4.01. The Hall–Kier alpha value is -1.81. The van der Waals surface area contributed by atoms with E-state index < -0.39 is 10.0 Å². The Balaban J connectivity index is 1.50. The number of rotatable bonds is 4. The number of aromatic nitrogens is 1. The van der Waals surface area contributed by atoms with Crippen molar-refractivity contribution < 1.29 is 13.2 Å². The number of nitrogens with one attached hydrogen (secondary N) is 1. The summed E-state index contributed by atoms with van der Waals surface area (Å²) in [6.07, 6.45) is 1.34. The number of aryl methyl sites for hydroxylation is 2. The SMILES string of the molecule is Cc1cc(C)c2nc(NC(=O)C3CCCN(S(=O)(=O)c4cccs4)C3)sc2c1. The van der Waals surface area contributed by atoms with E-state index in [1.807, 2.05) is 13.8 Å². The summed E-state index contributed by atoms with van der Waals surface area (Å²) in [6.45, 7) is 4.70. The maximum absolute atomic E-state index is 12.8. The van der Waals surface area contributed by atoms with Crippen LogP contribution in [0.25, 0.3) is 10.2 Å². The first-order valence-electron chi connectivity index (χ1n) is 9.07. The Bertz CT molecular complexity index is 1120. The van der Waals surface area contributed by atoms with E-state index in [9.17, 15) is 13.2 Å². The number of benzene rings is 1. The van der Waals surface area contributed by atoms with Crippen LogP contribution in [0.3, 0.4) is 0 Å². The number of piperidine rings is 1. The molecule has 28 heavy (non-hydrogen) atoms. The maximum Gasteiger partial charge on any atom is 0.252 e. The van der Waals surface area contributed by atoms with Gasteiger partial charge in [0.1, 0.15) is 4.21 Å². The molecule has 1 aliphatic heterocycles. The fourth-order valence-corrected chi connectivity index (χ4v) is 7.26. The van der Waals surface area contributed by atoms with Crippen molar-refractivity contribution in [2.45, 2.75) is 30.9 Å². The zero-order valence-electron chi connectivity index (χ0n) is 15.6. The van der Waals surface area contributed by atoms with Gasteiger partial charge in [-0.25, -0.2) is 13.4 Å². The molecule has 0 radical (unpaired) electrons. The first-order valence-corrected chi connectivity index (χ1v) is 12.2. The van der Waals surface area contributed by atoms with E-state index in [-0.39, 0.29) is 18.4 Å². The van der Waals surface area contributed by atoms with Crippen molar-refractivity contribution in [1.82, 2.24) is 9.29 Å². The van der Waals surface area contributed by atoms with Crippen molar-refractivity contribution in [1.29, 1.82) is 0 Å². The second-order valence-corrected chi connectivity index (χ2v) is 11.2. The number of thiazole rings is 1. The van der Waals surface area contributed by atoms with Crippen LogP contribution >= 0.6 is 22.7 Å². The van der Waals surface area contributed by atoms with Gasteiger partial charge in [0.25, 0.3) is 10.0 Å². The lowest BCUT2D eigenvalue weighted by atomic mass is 9.99. The molecule has 6 nitrogen and oxygen atoms in total. The lowest BCUT2D eigenvalue weighted by Crippen LogP contribution is -2.43. The van der Waals surface area contributed by atoms with Gasteiger partial charge in [-0.15, -0.1) is 11.3 Å². The van der Waals surface area contributed by atoms with Gasteiger partial charge in [0.15, 0.2) is 5.13 Å². The van der Waals surface area contributed by atoms with Crippen molar-refractivity contribution in [2.75, 3.05) is 18.4 Å². The van der Waals surface area contributed by atoms with Gasteiger partial charge in [-0.2, -0.15) is 4.31 Å². The molecule has 0 saturated carbocycles. The van der Waals surface area contributed by atoms with Crippen LogP contribution in [-0.2, 0) is 14.8 Å². The van der Waals surface area contributed by atoms with E-state index in [4.69, 9.17) is 0 Å². The van der Waals surface area contributed by atoms with Crippen molar-refractivity contribution >= 4 is 54.0 Å². The number of carbonyl (C=O) groups is 1. The molecule has 4 rings (SSSR count). The Morgan fingerprint density at radius 2 is 2.14 bits per heavy atom. The Labute approximate surface area is 172 Å². The van der Waals surface area contributed by atoms with Gasteiger partial charge in [-0.1, -0.05) is 23.5 Å². The zero-order valence-corrected chi connectivity index (χ0v) is 18.1. The molecule has 1 saturated heterocycles. The summed E-state index contributed by atoms with van der Waals surface area (Å²) in [7, 11) is -3.53. The lowest BCUT2D eigenvalue weighted by molar-refractivity contribution is -0.120. The molecule has 1 N–H and O–H groups in total. The summed E-state index contributed by atoms with van der Waals surface area (Å²) >= 11 is 2.65. The van der Waals surface area contributed by atoms with Crippen molar-refractivity contribution in [3.8, 4) is 0 Å². The summed E-state index contributed by atoms with van der Waals surface area (Å²) in [4.78, 5) is 17.3. The number of thiophene rings is 1. The number of amides is 1. The molecule has 0 bridgehead atoms. The average molecular weight is 436 g/mol. The van der Waals surface area contributed by atoms with Crippen molar-refractivity contribution in [3.05, 3.63) is 40.8 Å². The number of carbonyl (C=O) groups excluding carboxylic acids is 1. The summed E-state index contributed by atoms with van der Waals surface area (Å²) in [6, 6.07) is 7.46. The van der Waals surface area contributed by atoms with E-state index in [1.165, 1.54) is 27.0 Å². The fourth-order valence-electron chi connectivity index (χ4n) is 3.54. The monoisotopic (exact) mass is 435 g/mol. The Kier molecular flexibility index (Phi) is 5.26. The van der Waals surface area contributed by atoms with Gasteiger partial charge in [-0.05, 0) is 55.3 Å². The lowest BCUT2D eigenvalue weighted by Gasteiger charge is -2.30. The minimum Gasteiger partial charge on any atom is -0.302 e. The minimum atomic E-state index is -3.53. The molecule has 0 spiro atoms. The molecule has 1 amide bonds. The first-order chi connectivity index (χ1) is 13.3. The molecule has 1 atom stereocenters. The molecule has 0 aliphatic carbocycles. The van der Waals surface area contributed by atoms with Crippen molar-refractivity contribution in [3.63, 3.8) is 0 Å². The summed E-state index contributed by atoms with van der Waals surface area (Å²) in [5.74, 6) is -0.544. The summed E-state index contributed by atoms with van der Waals surface area (Å²) in [5.41, 5.74) is 3.14. The number of hydrogen-bond donors (Lipinski definition) is 1. The molecule has 1 aromatic carbocycles. The minimum absolute atomic E-state index is 0.167. The smallest absolute Gasteiger partial charge is 0.252 e. The second-order valence-electron chi connectivity index (χ2n) is 7.07. The summed E-state index contributed by atoms with van der Waals surface area (Å²) < 4.78 is 28.3. The quantitative estimate of drug-likeness (QED) is 0.671. The van der Waals surface area contributed by atoms with Crippen molar-refractivity contribution in [2.24, 2.45) is 5.92 Å². The van der Waals surface area contributed by atoms with Gasteiger partial charge >= 0.3 is 0 Å². The zero-order chi connectivity index (χ0) is 19.9. The highest BCUT2D eigenvalue weighted by molar-refractivity contribution is 7.91. The third kappa shape index (κ3) is 3.71. The van der Waals surface area contributed by atoms with Crippen LogP contribution in [0.2, 0.25) is 0 Å². The molecular formula is C19H21N3O3S3. The highest BCUT2D eigenvalue weighted by Crippen LogP contribution is 2.31. The van der Waals surface area contributed by atoms with Gasteiger partial charge in [0.2, 0.25) is 5.91 Å². The molecule has 1 fully saturated rings. The number of fused-ring (bicyclic) bond motifs is 1. The molecule has 148 valence electrons. The van der Waals surface area contributed by atoms with E-state index in [0.29, 0.717) is 28.7 Å². The topological polar surface area (TPSA) is 79.4 Å². The molecule has 2 aromatic heterocycles. The normalized spacial score (nSPS) is 18.4. The molecule has 3 heterocycles. The predicted molar refractivity (Wildman–Crippen MR) is 114 cm³/mol. The molecule has 3 aromatic rings. The standard InChI is InChI=1S/C19H21N3O3S3/c1-12-9-13(2)17-15(10-12)27-19(20-17)21-18(23)14-5-3-7-22(11-14)28(24,25)16-6-4-8-26-16/h4,6,8-10,14H,3,5,7,11H2,1-2H3,(H,20,21,23). The van der Waals surface area contributed by atoms with E-state index in [2.05, 4.69) is 22.4 Å². The molecule has 9 heteroatoms. The van der Waals surface area contributed by atoms with Crippen LogP contribution < -0.4 is 5.32 Å². The first kappa shape index (κ1) is 19.5.